The van der Waals surface area contributed by atoms with Gasteiger partial charge in [-0.15, -0.1) is 0 Å². The second-order valence-electron chi connectivity index (χ2n) is 4.01. The minimum Gasteiger partial charge on any atom is -0.383 e. The van der Waals surface area contributed by atoms with Crippen molar-refractivity contribution in [2.45, 2.75) is 26.9 Å². The predicted octanol–water partition coefficient (Wildman–Crippen LogP) is 1.50. The SMILES string of the molecule is C=C(C)Cn1c(CNCCOC)cnc1C. The van der Waals surface area contributed by atoms with Crippen LogP contribution in [0.4, 0.5) is 0 Å². The van der Waals surface area contributed by atoms with E-state index >= 15 is 0 Å². The van der Waals surface area contributed by atoms with Crippen molar-refractivity contribution in [3.05, 3.63) is 29.9 Å². The van der Waals surface area contributed by atoms with Crippen molar-refractivity contribution >= 4 is 0 Å². The summed E-state index contributed by atoms with van der Waals surface area (Å²) in [5.74, 6) is 1.03. The monoisotopic (exact) mass is 223 g/mol. The molecule has 0 saturated heterocycles. The van der Waals surface area contributed by atoms with Crippen LogP contribution in [0.15, 0.2) is 18.3 Å². The standard InChI is InChI=1S/C12H21N3O/c1-10(2)9-15-11(3)14-8-12(15)7-13-5-6-16-4/h8,13H,1,5-7,9H2,2-4H3. The number of hydrogen-bond donors (Lipinski definition) is 1. The largest absolute Gasteiger partial charge is 0.383 e. The highest BCUT2D eigenvalue weighted by Crippen LogP contribution is 2.07. The van der Waals surface area contributed by atoms with Gasteiger partial charge in [0.2, 0.25) is 0 Å². The Hall–Kier alpha value is -1.13. The third-order valence-electron chi connectivity index (χ3n) is 2.35. The first kappa shape index (κ1) is 12.9. The minimum absolute atomic E-state index is 0.730. The molecule has 4 nitrogen and oxygen atoms in total. The molecule has 0 aliphatic heterocycles. The van der Waals surface area contributed by atoms with Crippen molar-refractivity contribution in [3.63, 3.8) is 0 Å². The van der Waals surface area contributed by atoms with Crippen molar-refractivity contribution in [1.29, 1.82) is 0 Å². The maximum absolute atomic E-state index is 4.98. The van der Waals surface area contributed by atoms with Gasteiger partial charge >= 0.3 is 0 Å². The summed E-state index contributed by atoms with van der Waals surface area (Å²) in [6.07, 6.45) is 1.91. The Labute approximate surface area is 97.3 Å². The maximum Gasteiger partial charge on any atom is 0.106 e. The van der Waals surface area contributed by atoms with Gasteiger partial charge in [0.1, 0.15) is 5.82 Å². The molecule has 0 atom stereocenters. The highest BCUT2D eigenvalue weighted by atomic mass is 16.5. The van der Waals surface area contributed by atoms with Crippen LogP contribution >= 0.6 is 0 Å². The fourth-order valence-corrected chi connectivity index (χ4v) is 1.53. The topological polar surface area (TPSA) is 39.1 Å². The van der Waals surface area contributed by atoms with Gasteiger partial charge in [-0.2, -0.15) is 0 Å². The smallest absolute Gasteiger partial charge is 0.106 e. The van der Waals surface area contributed by atoms with Crippen molar-refractivity contribution in [3.8, 4) is 0 Å². The summed E-state index contributed by atoms with van der Waals surface area (Å²) in [4.78, 5) is 4.32. The highest BCUT2D eigenvalue weighted by Gasteiger charge is 2.05. The molecule has 0 radical (unpaired) electrons. The summed E-state index contributed by atoms with van der Waals surface area (Å²) in [6.45, 7) is 11.2. The lowest BCUT2D eigenvalue weighted by Gasteiger charge is -2.10. The molecule has 1 aromatic rings. The second kappa shape index (κ2) is 6.45. The molecule has 0 fully saturated rings. The van der Waals surface area contributed by atoms with Crippen LogP contribution < -0.4 is 5.32 Å². The van der Waals surface area contributed by atoms with Crippen molar-refractivity contribution in [2.24, 2.45) is 0 Å². The molecule has 0 unspecified atom stereocenters. The molecule has 4 heteroatoms. The zero-order chi connectivity index (χ0) is 12.0. The van der Waals surface area contributed by atoms with Gasteiger partial charge in [-0.1, -0.05) is 12.2 Å². The first-order valence-electron chi connectivity index (χ1n) is 5.50. The molecule has 16 heavy (non-hydrogen) atoms. The van der Waals surface area contributed by atoms with Gasteiger partial charge in [0, 0.05) is 32.9 Å². The van der Waals surface area contributed by atoms with E-state index in [1.54, 1.807) is 7.11 Å². The molecule has 1 rings (SSSR count). The molecular formula is C12H21N3O. The summed E-state index contributed by atoms with van der Waals surface area (Å²) in [7, 11) is 1.71. The maximum atomic E-state index is 4.98. The third-order valence-corrected chi connectivity index (χ3v) is 2.35. The first-order chi connectivity index (χ1) is 7.65. The van der Waals surface area contributed by atoms with E-state index in [1.807, 2.05) is 20.0 Å². The minimum atomic E-state index is 0.730. The predicted molar refractivity (Wildman–Crippen MR) is 65.4 cm³/mol. The lowest BCUT2D eigenvalue weighted by atomic mass is 10.3. The summed E-state index contributed by atoms with van der Waals surface area (Å²) in [5, 5.41) is 3.31. The number of aromatic nitrogens is 2. The van der Waals surface area contributed by atoms with Crippen LogP contribution in [0, 0.1) is 6.92 Å². The fourth-order valence-electron chi connectivity index (χ4n) is 1.53. The Balaban J connectivity index is 2.54. The van der Waals surface area contributed by atoms with E-state index in [0.29, 0.717) is 0 Å². The number of ether oxygens (including phenoxy) is 1. The summed E-state index contributed by atoms with van der Waals surface area (Å²) < 4.78 is 7.16. The van der Waals surface area contributed by atoms with Crippen molar-refractivity contribution < 1.29 is 4.74 Å². The van der Waals surface area contributed by atoms with E-state index < -0.39 is 0 Å². The van der Waals surface area contributed by atoms with Crippen LogP contribution in [0.2, 0.25) is 0 Å². The lowest BCUT2D eigenvalue weighted by Crippen LogP contribution is -2.20. The normalized spacial score (nSPS) is 10.7. The van der Waals surface area contributed by atoms with Crippen LogP contribution in [0.3, 0.4) is 0 Å². The van der Waals surface area contributed by atoms with Gasteiger partial charge in [0.25, 0.3) is 0 Å². The lowest BCUT2D eigenvalue weighted by molar-refractivity contribution is 0.199. The van der Waals surface area contributed by atoms with Gasteiger partial charge < -0.3 is 14.6 Å². The molecule has 1 N–H and O–H groups in total. The Morgan fingerprint density at radius 3 is 3.00 bits per heavy atom. The number of rotatable bonds is 7. The van der Waals surface area contributed by atoms with Gasteiger partial charge in [0.15, 0.2) is 0 Å². The molecule has 0 spiro atoms. The Kier molecular flexibility index (Phi) is 5.22. The van der Waals surface area contributed by atoms with Crippen LogP contribution in [0.1, 0.15) is 18.4 Å². The summed E-state index contributed by atoms with van der Waals surface area (Å²) >= 11 is 0. The number of allylic oxidation sites excluding steroid dienone is 1. The quantitative estimate of drug-likeness (QED) is 0.562. The number of methoxy groups -OCH3 is 1. The van der Waals surface area contributed by atoms with Crippen LogP contribution in [0.25, 0.3) is 0 Å². The first-order valence-corrected chi connectivity index (χ1v) is 5.50. The van der Waals surface area contributed by atoms with E-state index in [4.69, 9.17) is 4.74 Å². The van der Waals surface area contributed by atoms with E-state index in [1.165, 1.54) is 5.69 Å². The number of imidazole rings is 1. The average molecular weight is 223 g/mol. The second-order valence-corrected chi connectivity index (χ2v) is 4.01. The number of nitrogens with zero attached hydrogens (tertiary/aromatic N) is 2. The van der Waals surface area contributed by atoms with E-state index in [-0.39, 0.29) is 0 Å². The van der Waals surface area contributed by atoms with Crippen LogP contribution in [-0.2, 0) is 17.8 Å². The van der Waals surface area contributed by atoms with Gasteiger partial charge in [0.05, 0.1) is 12.3 Å². The molecule has 0 bridgehead atoms. The van der Waals surface area contributed by atoms with Crippen LogP contribution in [-0.4, -0.2) is 29.8 Å². The number of hydrogen-bond acceptors (Lipinski definition) is 3. The number of nitrogens with one attached hydrogen (secondary N) is 1. The fraction of sp³-hybridized carbons (Fsp3) is 0.583. The highest BCUT2D eigenvalue weighted by molar-refractivity contribution is 5.07. The summed E-state index contributed by atoms with van der Waals surface area (Å²) in [6, 6.07) is 0. The Morgan fingerprint density at radius 2 is 2.38 bits per heavy atom. The van der Waals surface area contributed by atoms with Gasteiger partial charge in [-0.3, -0.25) is 0 Å². The Morgan fingerprint density at radius 1 is 1.62 bits per heavy atom. The van der Waals surface area contributed by atoms with Crippen molar-refractivity contribution in [1.82, 2.24) is 14.9 Å². The average Bonchev–Trinajstić information content (AvgIpc) is 2.56. The zero-order valence-electron chi connectivity index (χ0n) is 10.4. The Bertz CT molecular complexity index is 344. The van der Waals surface area contributed by atoms with Gasteiger partial charge in [-0.05, 0) is 13.8 Å². The molecule has 1 aromatic heterocycles. The zero-order valence-corrected chi connectivity index (χ0v) is 10.4. The van der Waals surface area contributed by atoms with E-state index in [2.05, 4.69) is 21.4 Å². The number of aryl methyl sites for hydroxylation is 1. The third kappa shape index (κ3) is 3.79. The van der Waals surface area contributed by atoms with Crippen molar-refractivity contribution in [2.75, 3.05) is 20.3 Å². The van der Waals surface area contributed by atoms with Gasteiger partial charge in [-0.25, -0.2) is 4.98 Å². The molecule has 0 aliphatic rings. The molecular weight excluding hydrogens is 202 g/mol. The molecule has 90 valence electrons. The van der Waals surface area contributed by atoms with E-state index in [0.717, 1.165) is 37.6 Å². The molecule has 0 amide bonds. The van der Waals surface area contributed by atoms with Crippen LogP contribution in [0.5, 0.6) is 0 Å². The summed E-state index contributed by atoms with van der Waals surface area (Å²) in [5.41, 5.74) is 2.33. The molecule has 0 aromatic carbocycles. The molecule has 0 saturated carbocycles. The van der Waals surface area contributed by atoms with E-state index in [9.17, 15) is 0 Å². The molecule has 0 aliphatic carbocycles. The molecule has 1 heterocycles.